The molecule has 2 aliphatic heterocycles. The predicted octanol–water partition coefficient (Wildman–Crippen LogP) is 1.06. The van der Waals surface area contributed by atoms with E-state index in [-0.39, 0.29) is 23.6 Å². The molecule has 1 amide bonds. The summed E-state index contributed by atoms with van der Waals surface area (Å²) in [6, 6.07) is 1.39. The van der Waals surface area contributed by atoms with Crippen LogP contribution in [0.5, 0.6) is 5.75 Å². The largest absolute Gasteiger partial charge is 0.506 e. The second-order valence-electron chi connectivity index (χ2n) is 6.67. The Kier molecular flexibility index (Phi) is 4.78. The minimum absolute atomic E-state index is 0.0196. The van der Waals surface area contributed by atoms with E-state index < -0.39 is 10.0 Å². The zero-order valence-electron chi connectivity index (χ0n) is 13.8. The van der Waals surface area contributed by atoms with Crippen molar-refractivity contribution in [2.75, 3.05) is 25.9 Å². The maximum absolute atomic E-state index is 12.6. The van der Waals surface area contributed by atoms with Gasteiger partial charge in [-0.1, -0.05) is 6.42 Å². The van der Waals surface area contributed by atoms with Gasteiger partial charge < -0.3 is 10.0 Å². The number of piperidine rings is 1. The molecule has 0 aliphatic carbocycles. The standard InChI is InChI=1S/C16H23N3O4S/c1-24(22,23)19-6-3-2-4-12-11-18(7-5-15(12)19)16(21)13-8-14(20)10-17-9-13/h8-10,12,15,20H,2-7,11H2,1H3/t12-,15+/m0/s1. The average Bonchev–Trinajstić information content (AvgIpc) is 2.75. The van der Waals surface area contributed by atoms with Gasteiger partial charge in [0.25, 0.3) is 5.91 Å². The fourth-order valence-corrected chi connectivity index (χ4v) is 5.08. The summed E-state index contributed by atoms with van der Waals surface area (Å²) in [6.45, 7) is 1.64. The summed E-state index contributed by atoms with van der Waals surface area (Å²) >= 11 is 0. The molecule has 1 aromatic rings. The Morgan fingerprint density at radius 1 is 1.25 bits per heavy atom. The van der Waals surface area contributed by atoms with Crippen LogP contribution in [0.2, 0.25) is 0 Å². The van der Waals surface area contributed by atoms with E-state index in [4.69, 9.17) is 0 Å². The molecule has 0 spiro atoms. The van der Waals surface area contributed by atoms with Gasteiger partial charge in [0.1, 0.15) is 5.75 Å². The number of nitrogens with zero attached hydrogens (tertiary/aromatic N) is 3. The lowest BCUT2D eigenvalue weighted by Crippen LogP contribution is -2.53. The van der Waals surface area contributed by atoms with Crippen LogP contribution in [-0.2, 0) is 10.0 Å². The molecule has 1 aromatic heterocycles. The summed E-state index contributed by atoms with van der Waals surface area (Å²) in [7, 11) is -3.23. The van der Waals surface area contributed by atoms with Crippen LogP contribution in [0.1, 0.15) is 36.0 Å². The molecule has 2 saturated heterocycles. The van der Waals surface area contributed by atoms with E-state index >= 15 is 0 Å². The number of aromatic hydroxyl groups is 1. The highest BCUT2D eigenvalue weighted by molar-refractivity contribution is 7.88. The van der Waals surface area contributed by atoms with Crippen molar-refractivity contribution in [1.29, 1.82) is 0 Å². The highest BCUT2D eigenvalue weighted by Crippen LogP contribution is 2.32. The fraction of sp³-hybridized carbons (Fsp3) is 0.625. The second-order valence-corrected chi connectivity index (χ2v) is 8.60. The Morgan fingerprint density at radius 3 is 2.75 bits per heavy atom. The van der Waals surface area contributed by atoms with Crippen molar-refractivity contribution < 1.29 is 18.3 Å². The van der Waals surface area contributed by atoms with Crippen LogP contribution in [0.4, 0.5) is 0 Å². The van der Waals surface area contributed by atoms with Gasteiger partial charge in [0.05, 0.1) is 18.0 Å². The minimum atomic E-state index is -3.23. The van der Waals surface area contributed by atoms with Gasteiger partial charge in [-0.2, -0.15) is 4.31 Å². The van der Waals surface area contributed by atoms with Crippen LogP contribution in [0, 0.1) is 5.92 Å². The van der Waals surface area contributed by atoms with Crippen molar-refractivity contribution in [2.24, 2.45) is 5.92 Å². The minimum Gasteiger partial charge on any atom is -0.506 e. The maximum atomic E-state index is 12.6. The molecule has 2 fully saturated rings. The van der Waals surface area contributed by atoms with Gasteiger partial charge in [-0.15, -0.1) is 0 Å². The van der Waals surface area contributed by atoms with E-state index in [9.17, 15) is 18.3 Å². The van der Waals surface area contributed by atoms with E-state index in [2.05, 4.69) is 4.98 Å². The van der Waals surface area contributed by atoms with E-state index in [0.717, 1.165) is 19.3 Å². The third-order valence-corrected chi connectivity index (χ3v) is 6.26. The Morgan fingerprint density at radius 2 is 2.04 bits per heavy atom. The molecule has 7 nitrogen and oxygen atoms in total. The van der Waals surface area contributed by atoms with Gasteiger partial charge in [-0.05, 0) is 31.2 Å². The number of sulfonamides is 1. The first-order valence-electron chi connectivity index (χ1n) is 8.26. The molecule has 8 heteroatoms. The van der Waals surface area contributed by atoms with Crippen molar-refractivity contribution >= 4 is 15.9 Å². The molecule has 0 aromatic carbocycles. The zero-order valence-corrected chi connectivity index (χ0v) is 14.6. The summed E-state index contributed by atoms with van der Waals surface area (Å²) in [6.07, 6.45) is 7.43. The fourth-order valence-electron chi connectivity index (χ4n) is 3.85. The van der Waals surface area contributed by atoms with Crippen LogP contribution in [0.3, 0.4) is 0 Å². The number of aromatic nitrogens is 1. The molecule has 2 aliphatic rings. The molecule has 24 heavy (non-hydrogen) atoms. The maximum Gasteiger partial charge on any atom is 0.255 e. The first kappa shape index (κ1) is 17.2. The topological polar surface area (TPSA) is 90.8 Å². The highest BCUT2D eigenvalue weighted by Gasteiger charge is 2.39. The van der Waals surface area contributed by atoms with Gasteiger partial charge in [0, 0.05) is 31.9 Å². The third kappa shape index (κ3) is 3.54. The van der Waals surface area contributed by atoms with Crippen molar-refractivity contribution in [1.82, 2.24) is 14.2 Å². The first-order valence-corrected chi connectivity index (χ1v) is 10.1. The van der Waals surface area contributed by atoms with E-state index in [0.29, 0.717) is 31.6 Å². The molecule has 3 rings (SSSR count). The highest BCUT2D eigenvalue weighted by atomic mass is 32.2. The molecule has 1 N–H and O–H groups in total. The first-order chi connectivity index (χ1) is 11.4. The number of pyridine rings is 1. The monoisotopic (exact) mass is 353 g/mol. The van der Waals surface area contributed by atoms with E-state index in [1.54, 1.807) is 9.21 Å². The lowest BCUT2D eigenvalue weighted by atomic mass is 9.89. The van der Waals surface area contributed by atoms with Gasteiger partial charge in [0.2, 0.25) is 10.0 Å². The van der Waals surface area contributed by atoms with Crippen LogP contribution >= 0.6 is 0 Å². The number of rotatable bonds is 2. The number of carbonyl (C=O) groups excluding carboxylic acids is 1. The summed E-state index contributed by atoms with van der Waals surface area (Å²) < 4.78 is 25.8. The van der Waals surface area contributed by atoms with Crippen molar-refractivity contribution in [3.63, 3.8) is 0 Å². The predicted molar refractivity (Wildman–Crippen MR) is 89.1 cm³/mol. The molecular weight excluding hydrogens is 330 g/mol. The summed E-state index contributed by atoms with van der Waals surface area (Å²) in [5.74, 6) is -0.0364. The molecule has 0 bridgehead atoms. The smallest absolute Gasteiger partial charge is 0.255 e. The number of carbonyl (C=O) groups is 1. The number of hydrogen-bond acceptors (Lipinski definition) is 5. The lowest BCUT2D eigenvalue weighted by molar-refractivity contribution is 0.0575. The normalized spacial score (nSPS) is 25.8. The van der Waals surface area contributed by atoms with Gasteiger partial charge in [-0.3, -0.25) is 9.78 Å². The number of amides is 1. The Labute approximate surface area is 142 Å². The van der Waals surface area contributed by atoms with E-state index in [1.165, 1.54) is 24.7 Å². The quantitative estimate of drug-likeness (QED) is 0.859. The summed E-state index contributed by atoms with van der Waals surface area (Å²) in [5.41, 5.74) is 0.363. The van der Waals surface area contributed by atoms with Crippen LogP contribution < -0.4 is 0 Å². The lowest BCUT2D eigenvalue weighted by Gasteiger charge is -2.41. The van der Waals surface area contributed by atoms with Gasteiger partial charge in [-0.25, -0.2) is 8.42 Å². The van der Waals surface area contributed by atoms with Crippen molar-refractivity contribution in [3.05, 3.63) is 24.0 Å². The average molecular weight is 353 g/mol. The SMILES string of the molecule is CS(=O)(=O)N1CCCC[C@H]2CN(C(=O)c3cncc(O)c3)CC[C@H]21. The number of likely N-dealkylation sites (tertiary alicyclic amines) is 1. The van der Waals surface area contributed by atoms with Crippen LogP contribution in [0.25, 0.3) is 0 Å². The molecule has 0 saturated carbocycles. The Bertz CT molecular complexity index is 722. The van der Waals surface area contributed by atoms with Crippen molar-refractivity contribution in [2.45, 2.75) is 31.7 Å². The van der Waals surface area contributed by atoms with Crippen LogP contribution in [0.15, 0.2) is 18.5 Å². The number of fused-ring (bicyclic) bond motifs is 1. The third-order valence-electron chi connectivity index (χ3n) is 4.95. The van der Waals surface area contributed by atoms with E-state index in [1.807, 2.05) is 0 Å². The summed E-state index contributed by atoms with van der Waals surface area (Å²) in [5, 5.41) is 9.50. The molecule has 0 unspecified atom stereocenters. The van der Waals surface area contributed by atoms with Gasteiger partial charge in [0.15, 0.2) is 0 Å². The molecule has 3 heterocycles. The second kappa shape index (κ2) is 6.68. The Balaban J connectivity index is 1.77. The van der Waals surface area contributed by atoms with Gasteiger partial charge >= 0.3 is 0 Å². The molecular formula is C16H23N3O4S. The molecule has 0 radical (unpaired) electrons. The van der Waals surface area contributed by atoms with Crippen molar-refractivity contribution in [3.8, 4) is 5.75 Å². The Hall–Kier alpha value is -1.67. The summed E-state index contributed by atoms with van der Waals surface area (Å²) in [4.78, 5) is 18.2. The molecule has 132 valence electrons. The number of hydrogen-bond donors (Lipinski definition) is 1. The molecule has 2 atom stereocenters. The zero-order chi connectivity index (χ0) is 17.3. The van der Waals surface area contributed by atoms with Crippen LogP contribution in [-0.4, -0.2) is 65.6 Å².